The van der Waals surface area contributed by atoms with E-state index in [9.17, 15) is 0 Å². The molecule has 0 unspecified atom stereocenters. The maximum Gasteiger partial charge on any atom is 0.230 e. The average molecular weight is 258 g/mol. The molecule has 0 aliphatic carbocycles. The van der Waals surface area contributed by atoms with Crippen LogP contribution in [0.15, 0.2) is 48.9 Å². The highest BCUT2D eigenvalue weighted by Crippen LogP contribution is 2.26. The zero-order valence-corrected chi connectivity index (χ0v) is 10.0. The van der Waals surface area contributed by atoms with Crippen LogP contribution in [-0.4, -0.2) is 15.0 Å². The SMILES string of the molecule is Clc1ccc(Oc2ncnc3ccccc23)cn1. The maximum absolute atomic E-state index is 5.72. The Morgan fingerprint density at radius 1 is 0.944 bits per heavy atom. The van der Waals surface area contributed by atoms with E-state index in [2.05, 4.69) is 15.0 Å². The minimum Gasteiger partial charge on any atom is -0.437 e. The van der Waals surface area contributed by atoms with Crippen molar-refractivity contribution in [3.63, 3.8) is 0 Å². The van der Waals surface area contributed by atoms with E-state index >= 15 is 0 Å². The molecule has 88 valence electrons. The van der Waals surface area contributed by atoms with Crippen LogP contribution in [-0.2, 0) is 0 Å². The number of pyridine rings is 1. The number of nitrogens with zero attached hydrogens (tertiary/aromatic N) is 3. The molecule has 0 fully saturated rings. The first-order valence-corrected chi connectivity index (χ1v) is 5.70. The monoisotopic (exact) mass is 257 g/mol. The van der Waals surface area contributed by atoms with Gasteiger partial charge < -0.3 is 4.74 Å². The number of hydrogen-bond donors (Lipinski definition) is 0. The number of aromatic nitrogens is 3. The van der Waals surface area contributed by atoms with Gasteiger partial charge in [-0.05, 0) is 24.3 Å². The van der Waals surface area contributed by atoms with E-state index in [4.69, 9.17) is 16.3 Å². The zero-order valence-electron chi connectivity index (χ0n) is 9.25. The van der Waals surface area contributed by atoms with Gasteiger partial charge in [0.2, 0.25) is 5.88 Å². The summed E-state index contributed by atoms with van der Waals surface area (Å²) in [6.45, 7) is 0. The molecule has 3 aromatic rings. The third-order valence-electron chi connectivity index (χ3n) is 2.42. The number of halogens is 1. The van der Waals surface area contributed by atoms with E-state index in [-0.39, 0.29) is 0 Å². The Bertz CT molecular complexity index is 680. The second-order valence-corrected chi connectivity index (χ2v) is 4.00. The normalized spacial score (nSPS) is 10.5. The Balaban J connectivity index is 2.02. The molecule has 0 aliphatic rings. The van der Waals surface area contributed by atoms with Crippen LogP contribution in [0, 0.1) is 0 Å². The topological polar surface area (TPSA) is 47.9 Å². The summed E-state index contributed by atoms with van der Waals surface area (Å²) >= 11 is 5.72. The number of para-hydroxylation sites is 1. The number of rotatable bonds is 2. The number of hydrogen-bond acceptors (Lipinski definition) is 4. The molecular weight excluding hydrogens is 250 g/mol. The summed E-state index contributed by atoms with van der Waals surface area (Å²) in [4.78, 5) is 12.3. The quantitative estimate of drug-likeness (QED) is 0.660. The van der Waals surface area contributed by atoms with Crippen LogP contribution >= 0.6 is 11.6 Å². The lowest BCUT2D eigenvalue weighted by molar-refractivity contribution is 0.466. The van der Waals surface area contributed by atoms with Gasteiger partial charge in [-0.25, -0.2) is 15.0 Å². The molecule has 0 aliphatic heterocycles. The first-order valence-electron chi connectivity index (χ1n) is 5.32. The molecule has 1 aromatic carbocycles. The molecule has 0 amide bonds. The highest BCUT2D eigenvalue weighted by Gasteiger charge is 2.05. The molecular formula is C13H8ClN3O. The minimum absolute atomic E-state index is 0.426. The van der Waals surface area contributed by atoms with Crippen LogP contribution < -0.4 is 4.74 Å². The van der Waals surface area contributed by atoms with Gasteiger partial charge in [-0.3, -0.25) is 0 Å². The molecule has 0 atom stereocenters. The van der Waals surface area contributed by atoms with Crippen LogP contribution in [0.4, 0.5) is 0 Å². The van der Waals surface area contributed by atoms with Crippen molar-refractivity contribution in [3.8, 4) is 11.6 Å². The van der Waals surface area contributed by atoms with Crippen LogP contribution in [0.3, 0.4) is 0 Å². The zero-order chi connectivity index (χ0) is 12.4. The summed E-state index contributed by atoms with van der Waals surface area (Å²) < 4.78 is 5.67. The van der Waals surface area contributed by atoms with Crippen LogP contribution in [0.5, 0.6) is 11.6 Å². The van der Waals surface area contributed by atoms with Crippen molar-refractivity contribution in [1.82, 2.24) is 15.0 Å². The third kappa shape index (κ3) is 2.10. The van der Waals surface area contributed by atoms with Gasteiger partial charge in [0.15, 0.2) is 0 Å². The Kier molecular flexibility index (Phi) is 2.78. The van der Waals surface area contributed by atoms with Crippen molar-refractivity contribution < 1.29 is 4.74 Å². The van der Waals surface area contributed by atoms with Crippen molar-refractivity contribution in [2.75, 3.05) is 0 Å². The molecule has 0 radical (unpaired) electrons. The lowest BCUT2D eigenvalue weighted by Crippen LogP contribution is -1.91. The number of fused-ring (bicyclic) bond motifs is 1. The first kappa shape index (κ1) is 10.9. The minimum atomic E-state index is 0.426. The molecule has 0 saturated heterocycles. The smallest absolute Gasteiger partial charge is 0.230 e. The average Bonchev–Trinajstić information content (AvgIpc) is 2.42. The summed E-state index contributed by atoms with van der Waals surface area (Å²) in [7, 11) is 0. The second kappa shape index (κ2) is 4.58. The van der Waals surface area contributed by atoms with E-state index in [1.54, 1.807) is 18.3 Å². The molecule has 0 spiro atoms. The Labute approximate surface area is 108 Å². The first-order chi connectivity index (χ1) is 8.83. The van der Waals surface area contributed by atoms with Crippen molar-refractivity contribution >= 4 is 22.5 Å². The van der Waals surface area contributed by atoms with Crippen molar-refractivity contribution in [3.05, 3.63) is 54.1 Å². The molecule has 0 saturated carbocycles. The lowest BCUT2D eigenvalue weighted by atomic mass is 10.2. The highest BCUT2D eigenvalue weighted by atomic mass is 35.5. The summed E-state index contributed by atoms with van der Waals surface area (Å²) in [5.74, 6) is 1.09. The molecule has 4 nitrogen and oxygen atoms in total. The van der Waals surface area contributed by atoms with E-state index in [1.165, 1.54) is 6.33 Å². The van der Waals surface area contributed by atoms with Crippen molar-refractivity contribution in [1.29, 1.82) is 0 Å². The predicted octanol–water partition coefficient (Wildman–Crippen LogP) is 3.47. The fraction of sp³-hybridized carbons (Fsp3) is 0. The van der Waals surface area contributed by atoms with Gasteiger partial charge >= 0.3 is 0 Å². The molecule has 0 N–H and O–H groups in total. The van der Waals surface area contributed by atoms with Gasteiger partial charge in [0.25, 0.3) is 0 Å². The fourth-order valence-electron chi connectivity index (χ4n) is 1.60. The number of ether oxygens (including phenoxy) is 1. The standard InChI is InChI=1S/C13H8ClN3O/c14-12-6-5-9(7-15-12)18-13-10-3-1-2-4-11(10)16-8-17-13/h1-8H. The molecule has 2 aromatic heterocycles. The Morgan fingerprint density at radius 3 is 2.67 bits per heavy atom. The molecule has 5 heteroatoms. The molecule has 18 heavy (non-hydrogen) atoms. The Hall–Kier alpha value is -2.20. The van der Waals surface area contributed by atoms with E-state index < -0.39 is 0 Å². The van der Waals surface area contributed by atoms with Crippen LogP contribution in [0.1, 0.15) is 0 Å². The van der Waals surface area contributed by atoms with Gasteiger partial charge in [0.1, 0.15) is 17.2 Å². The number of benzene rings is 1. The van der Waals surface area contributed by atoms with Gasteiger partial charge in [0, 0.05) is 0 Å². The van der Waals surface area contributed by atoms with Gasteiger partial charge in [-0.1, -0.05) is 23.7 Å². The fourth-order valence-corrected chi connectivity index (χ4v) is 1.71. The predicted molar refractivity (Wildman–Crippen MR) is 68.9 cm³/mol. The van der Waals surface area contributed by atoms with E-state index in [0.717, 1.165) is 10.9 Å². The van der Waals surface area contributed by atoms with E-state index in [1.807, 2.05) is 24.3 Å². The summed E-state index contributed by atoms with van der Waals surface area (Å²) in [6.07, 6.45) is 3.03. The van der Waals surface area contributed by atoms with Gasteiger partial charge in [-0.15, -0.1) is 0 Å². The second-order valence-electron chi connectivity index (χ2n) is 3.61. The van der Waals surface area contributed by atoms with E-state index in [0.29, 0.717) is 16.8 Å². The molecule has 0 bridgehead atoms. The summed E-state index contributed by atoms with van der Waals surface area (Å²) in [5, 5.41) is 1.28. The third-order valence-corrected chi connectivity index (χ3v) is 2.64. The highest BCUT2D eigenvalue weighted by molar-refractivity contribution is 6.29. The van der Waals surface area contributed by atoms with Gasteiger partial charge in [0.05, 0.1) is 17.1 Å². The largest absolute Gasteiger partial charge is 0.437 e. The molecule has 2 heterocycles. The van der Waals surface area contributed by atoms with Crippen molar-refractivity contribution in [2.45, 2.75) is 0 Å². The summed E-state index contributed by atoms with van der Waals surface area (Å²) in [6, 6.07) is 11.1. The van der Waals surface area contributed by atoms with Crippen LogP contribution in [0.25, 0.3) is 10.9 Å². The summed E-state index contributed by atoms with van der Waals surface area (Å²) in [5.41, 5.74) is 0.837. The van der Waals surface area contributed by atoms with Crippen molar-refractivity contribution in [2.24, 2.45) is 0 Å². The molecule has 3 rings (SSSR count). The lowest BCUT2D eigenvalue weighted by Gasteiger charge is -2.06. The van der Waals surface area contributed by atoms with Crippen LogP contribution in [0.2, 0.25) is 5.15 Å². The maximum atomic E-state index is 5.72. The van der Waals surface area contributed by atoms with Gasteiger partial charge in [-0.2, -0.15) is 0 Å². The Morgan fingerprint density at radius 2 is 1.83 bits per heavy atom.